The molecule has 0 bridgehead atoms. The normalized spacial score (nSPS) is 12.1. The predicted molar refractivity (Wildman–Crippen MR) is 58.1 cm³/mol. The molecule has 1 aromatic carbocycles. The minimum absolute atomic E-state index is 0.0644. The molecule has 1 rings (SSSR count). The Labute approximate surface area is 89.3 Å². The monoisotopic (exact) mass is 208 g/mol. The average molecular weight is 208 g/mol. The molecule has 4 heteroatoms. The van der Waals surface area contributed by atoms with E-state index in [0.717, 1.165) is 12.0 Å². The fourth-order valence-corrected chi connectivity index (χ4v) is 1.32. The van der Waals surface area contributed by atoms with Crippen molar-refractivity contribution in [3.63, 3.8) is 0 Å². The maximum Gasteiger partial charge on any atom is 0.230 e. The van der Waals surface area contributed by atoms with Crippen molar-refractivity contribution in [2.75, 3.05) is 0 Å². The summed E-state index contributed by atoms with van der Waals surface area (Å²) < 4.78 is 0. The molecule has 1 atom stereocenters. The first kappa shape index (κ1) is 11.5. The molecule has 0 aromatic heterocycles. The Morgan fingerprint density at radius 1 is 1.40 bits per heavy atom. The average Bonchev–Trinajstić information content (AvgIpc) is 2.21. The van der Waals surface area contributed by atoms with Gasteiger partial charge in [0, 0.05) is 6.92 Å². The third-order valence-electron chi connectivity index (χ3n) is 2.13. The molecule has 1 aromatic rings. The standard InChI is InChI=1S/C11H16N2O2/c1-3-11(13-12-8(2)14)9-4-6-10(15)7-5-9/h4-7,11,13,15H,3H2,1-2H3,(H,12,14). The molecule has 1 amide bonds. The van der Waals surface area contributed by atoms with Gasteiger partial charge in [0.2, 0.25) is 5.91 Å². The first-order valence-electron chi connectivity index (χ1n) is 4.94. The highest BCUT2D eigenvalue weighted by Crippen LogP contribution is 2.18. The van der Waals surface area contributed by atoms with Crippen LogP contribution in [0.3, 0.4) is 0 Å². The zero-order valence-electron chi connectivity index (χ0n) is 8.95. The molecule has 82 valence electrons. The van der Waals surface area contributed by atoms with E-state index in [-0.39, 0.29) is 17.7 Å². The summed E-state index contributed by atoms with van der Waals surface area (Å²) in [5, 5.41) is 9.14. The van der Waals surface area contributed by atoms with Crippen LogP contribution in [0.4, 0.5) is 0 Å². The summed E-state index contributed by atoms with van der Waals surface area (Å²) in [6.45, 7) is 3.48. The molecule has 0 aliphatic rings. The van der Waals surface area contributed by atoms with Gasteiger partial charge in [0.15, 0.2) is 0 Å². The molecule has 0 saturated carbocycles. The zero-order chi connectivity index (χ0) is 11.3. The fourth-order valence-electron chi connectivity index (χ4n) is 1.32. The van der Waals surface area contributed by atoms with Gasteiger partial charge in [-0.3, -0.25) is 10.2 Å². The van der Waals surface area contributed by atoms with Gasteiger partial charge in [0.1, 0.15) is 5.75 Å². The molecular formula is C11H16N2O2. The van der Waals surface area contributed by atoms with Crippen molar-refractivity contribution in [3.05, 3.63) is 29.8 Å². The molecule has 0 fully saturated rings. The SMILES string of the molecule is CCC(NNC(C)=O)c1ccc(O)cc1. The Morgan fingerprint density at radius 3 is 2.47 bits per heavy atom. The van der Waals surface area contributed by atoms with Gasteiger partial charge in [-0.2, -0.15) is 0 Å². The number of nitrogens with one attached hydrogen (secondary N) is 2. The lowest BCUT2D eigenvalue weighted by atomic mass is 10.1. The van der Waals surface area contributed by atoms with E-state index in [2.05, 4.69) is 10.9 Å². The predicted octanol–water partition coefficient (Wildman–Crippen LogP) is 1.48. The molecule has 0 spiro atoms. The van der Waals surface area contributed by atoms with Gasteiger partial charge in [-0.25, -0.2) is 5.43 Å². The number of hydrazine groups is 1. The van der Waals surface area contributed by atoms with E-state index in [9.17, 15) is 4.79 Å². The lowest BCUT2D eigenvalue weighted by Gasteiger charge is -2.17. The molecule has 0 aliphatic heterocycles. The second kappa shape index (κ2) is 5.36. The fraction of sp³-hybridized carbons (Fsp3) is 0.364. The zero-order valence-corrected chi connectivity index (χ0v) is 8.95. The van der Waals surface area contributed by atoms with Crippen LogP contribution in [0, 0.1) is 0 Å². The Morgan fingerprint density at radius 2 is 2.00 bits per heavy atom. The molecule has 15 heavy (non-hydrogen) atoms. The lowest BCUT2D eigenvalue weighted by Crippen LogP contribution is -2.38. The minimum atomic E-state index is -0.118. The number of hydrogen-bond acceptors (Lipinski definition) is 3. The maximum absolute atomic E-state index is 10.7. The van der Waals surface area contributed by atoms with E-state index < -0.39 is 0 Å². The quantitative estimate of drug-likeness (QED) is 0.657. The van der Waals surface area contributed by atoms with Crippen molar-refractivity contribution in [2.45, 2.75) is 26.3 Å². The van der Waals surface area contributed by atoms with Crippen molar-refractivity contribution in [3.8, 4) is 5.75 Å². The first-order valence-corrected chi connectivity index (χ1v) is 4.94. The second-order valence-corrected chi connectivity index (χ2v) is 3.38. The number of amides is 1. The van der Waals surface area contributed by atoms with Gasteiger partial charge in [-0.05, 0) is 24.1 Å². The van der Waals surface area contributed by atoms with Crippen LogP contribution in [0.15, 0.2) is 24.3 Å². The number of benzene rings is 1. The summed E-state index contributed by atoms with van der Waals surface area (Å²) in [5.41, 5.74) is 6.51. The van der Waals surface area contributed by atoms with E-state index in [1.807, 2.05) is 19.1 Å². The molecule has 3 N–H and O–H groups in total. The van der Waals surface area contributed by atoms with E-state index >= 15 is 0 Å². The largest absolute Gasteiger partial charge is 0.508 e. The molecule has 0 heterocycles. The van der Waals surface area contributed by atoms with Crippen LogP contribution in [0.25, 0.3) is 0 Å². The molecule has 0 radical (unpaired) electrons. The van der Waals surface area contributed by atoms with Crippen LogP contribution in [0.5, 0.6) is 5.75 Å². The summed E-state index contributed by atoms with van der Waals surface area (Å²) in [6, 6.07) is 6.99. The van der Waals surface area contributed by atoms with Crippen molar-refractivity contribution in [2.24, 2.45) is 0 Å². The topological polar surface area (TPSA) is 61.4 Å². The van der Waals surface area contributed by atoms with Gasteiger partial charge in [-0.1, -0.05) is 19.1 Å². The van der Waals surface area contributed by atoms with Gasteiger partial charge in [-0.15, -0.1) is 0 Å². The Bertz CT molecular complexity index is 322. The molecule has 0 aliphatic carbocycles. The Balaban J connectivity index is 2.65. The van der Waals surface area contributed by atoms with Crippen LogP contribution in [0.1, 0.15) is 31.9 Å². The number of phenols is 1. The van der Waals surface area contributed by atoms with Crippen LogP contribution in [-0.2, 0) is 4.79 Å². The van der Waals surface area contributed by atoms with E-state index in [1.165, 1.54) is 6.92 Å². The van der Waals surface area contributed by atoms with E-state index in [1.54, 1.807) is 12.1 Å². The molecule has 0 saturated heterocycles. The molecular weight excluding hydrogens is 192 g/mol. The smallest absolute Gasteiger partial charge is 0.230 e. The maximum atomic E-state index is 10.7. The summed E-state index contributed by atoms with van der Waals surface area (Å²) in [4.78, 5) is 10.7. The van der Waals surface area contributed by atoms with Crippen molar-refractivity contribution in [1.29, 1.82) is 0 Å². The van der Waals surface area contributed by atoms with Crippen molar-refractivity contribution in [1.82, 2.24) is 10.9 Å². The lowest BCUT2D eigenvalue weighted by molar-refractivity contribution is -0.120. The number of phenolic OH excluding ortho intramolecular Hbond substituents is 1. The van der Waals surface area contributed by atoms with Gasteiger partial charge in [0.05, 0.1) is 6.04 Å². The number of carbonyl (C=O) groups excluding carboxylic acids is 1. The number of rotatable bonds is 4. The number of carbonyl (C=O) groups is 1. The Hall–Kier alpha value is -1.55. The third kappa shape index (κ3) is 3.59. The van der Waals surface area contributed by atoms with Gasteiger partial charge in [0.25, 0.3) is 0 Å². The van der Waals surface area contributed by atoms with Crippen LogP contribution in [0.2, 0.25) is 0 Å². The first-order chi connectivity index (χ1) is 7.13. The van der Waals surface area contributed by atoms with E-state index in [0.29, 0.717) is 0 Å². The van der Waals surface area contributed by atoms with Gasteiger partial charge >= 0.3 is 0 Å². The summed E-state index contributed by atoms with van der Waals surface area (Å²) >= 11 is 0. The number of hydrogen-bond donors (Lipinski definition) is 3. The van der Waals surface area contributed by atoms with Crippen LogP contribution < -0.4 is 10.9 Å². The van der Waals surface area contributed by atoms with Crippen LogP contribution >= 0.6 is 0 Å². The van der Waals surface area contributed by atoms with Crippen molar-refractivity contribution < 1.29 is 9.90 Å². The second-order valence-electron chi connectivity index (χ2n) is 3.38. The highest BCUT2D eigenvalue weighted by molar-refractivity contribution is 5.72. The molecule has 1 unspecified atom stereocenters. The Kier molecular flexibility index (Phi) is 4.12. The number of aromatic hydroxyl groups is 1. The summed E-state index contributed by atoms with van der Waals surface area (Å²) in [5.74, 6) is 0.125. The highest BCUT2D eigenvalue weighted by atomic mass is 16.3. The third-order valence-corrected chi connectivity index (χ3v) is 2.13. The van der Waals surface area contributed by atoms with Gasteiger partial charge < -0.3 is 5.11 Å². The van der Waals surface area contributed by atoms with Crippen LogP contribution in [-0.4, -0.2) is 11.0 Å². The van der Waals surface area contributed by atoms with Crippen molar-refractivity contribution >= 4 is 5.91 Å². The van der Waals surface area contributed by atoms with E-state index in [4.69, 9.17) is 5.11 Å². The summed E-state index contributed by atoms with van der Waals surface area (Å²) in [6.07, 6.45) is 0.852. The minimum Gasteiger partial charge on any atom is -0.508 e. The summed E-state index contributed by atoms with van der Waals surface area (Å²) in [7, 11) is 0. The highest BCUT2D eigenvalue weighted by Gasteiger charge is 2.08. The molecule has 4 nitrogen and oxygen atoms in total.